The summed E-state index contributed by atoms with van der Waals surface area (Å²) >= 11 is 0. The predicted octanol–water partition coefficient (Wildman–Crippen LogP) is 1.30. The summed E-state index contributed by atoms with van der Waals surface area (Å²) in [5.41, 5.74) is 0.658. The third-order valence-corrected chi connectivity index (χ3v) is 3.41. The second-order valence-electron chi connectivity index (χ2n) is 4.93. The molecule has 2 rings (SSSR count). The molecule has 0 bridgehead atoms. The highest BCUT2D eigenvalue weighted by Crippen LogP contribution is 2.23. The molecule has 2 unspecified atom stereocenters. The lowest BCUT2D eigenvalue weighted by Gasteiger charge is -2.23. The van der Waals surface area contributed by atoms with Crippen molar-refractivity contribution >= 4 is 16.7 Å². The number of carbonyl (C=O) groups is 1. The van der Waals surface area contributed by atoms with Crippen molar-refractivity contribution in [2.45, 2.75) is 18.6 Å². The van der Waals surface area contributed by atoms with Gasteiger partial charge in [-0.05, 0) is 22.4 Å². The van der Waals surface area contributed by atoms with Crippen molar-refractivity contribution in [1.82, 2.24) is 5.32 Å². The van der Waals surface area contributed by atoms with E-state index in [9.17, 15) is 9.90 Å². The molecule has 4 N–H and O–H groups in total. The Bertz CT molecular complexity index is 614. The van der Waals surface area contributed by atoms with Gasteiger partial charge in [0.25, 0.3) is 0 Å². The molecule has 21 heavy (non-hydrogen) atoms. The molecule has 2 atom stereocenters. The highest BCUT2D eigenvalue weighted by atomic mass is 16.4. The molecule has 0 fully saturated rings. The lowest BCUT2D eigenvalue weighted by atomic mass is 9.97. The maximum atomic E-state index is 10.9. The molecule has 112 valence electrons. The van der Waals surface area contributed by atoms with Gasteiger partial charge in [-0.2, -0.15) is 0 Å². The quantitative estimate of drug-likeness (QED) is 0.617. The third-order valence-electron chi connectivity index (χ3n) is 3.41. The van der Waals surface area contributed by atoms with Crippen LogP contribution in [0, 0.1) is 0 Å². The van der Waals surface area contributed by atoms with Crippen molar-refractivity contribution in [2.24, 2.45) is 0 Å². The molecule has 0 heterocycles. The first-order chi connectivity index (χ1) is 10.1. The molecule has 5 nitrogen and oxygen atoms in total. The van der Waals surface area contributed by atoms with Crippen molar-refractivity contribution < 1.29 is 20.1 Å². The molecule has 0 spiro atoms. The standard InChI is InChI=1S/C16H19NO4/c18-8-7-17-14(10-15(19)20)16(21)13-6-5-11-3-1-2-4-12(11)9-13/h1-6,9,14,16-18,21H,7-8,10H2,(H,19,20). The summed E-state index contributed by atoms with van der Waals surface area (Å²) < 4.78 is 0. The number of rotatable bonds is 7. The molecule has 0 aliphatic carbocycles. The summed E-state index contributed by atoms with van der Waals surface area (Å²) in [6.45, 7) is 0.128. The second-order valence-corrected chi connectivity index (χ2v) is 4.93. The van der Waals surface area contributed by atoms with E-state index in [2.05, 4.69) is 5.32 Å². The van der Waals surface area contributed by atoms with Gasteiger partial charge in [0.15, 0.2) is 0 Å². The molecule has 2 aromatic rings. The monoisotopic (exact) mass is 289 g/mol. The summed E-state index contributed by atoms with van der Waals surface area (Å²) in [5.74, 6) is -0.995. The number of fused-ring (bicyclic) bond motifs is 1. The molecule has 2 aromatic carbocycles. The average Bonchev–Trinajstić information content (AvgIpc) is 2.50. The topological polar surface area (TPSA) is 89.8 Å². The zero-order valence-corrected chi connectivity index (χ0v) is 11.6. The van der Waals surface area contributed by atoms with Crippen LogP contribution >= 0.6 is 0 Å². The minimum atomic E-state index is -0.995. The van der Waals surface area contributed by atoms with Crippen LogP contribution in [0.5, 0.6) is 0 Å². The van der Waals surface area contributed by atoms with E-state index >= 15 is 0 Å². The van der Waals surface area contributed by atoms with E-state index < -0.39 is 18.1 Å². The van der Waals surface area contributed by atoms with E-state index in [1.807, 2.05) is 36.4 Å². The zero-order chi connectivity index (χ0) is 15.2. The van der Waals surface area contributed by atoms with E-state index in [0.29, 0.717) is 5.56 Å². The molecular formula is C16H19NO4. The minimum absolute atomic E-state index is 0.111. The van der Waals surface area contributed by atoms with Crippen LogP contribution in [0.4, 0.5) is 0 Å². The molecule has 0 aromatic heterocycles. The molecule has 0 amide bonds. The molecule has 0 radical (unpaired) electrons. The Balaban J connectivity index is 2.23. The number of carboxylic acid groups (broad SMARTS) is 1. The number of aliphatic hydroxyl groups is 2. The summed E-state index contributed by atoms with van der Waals surface area (Å²) in [6, 6.07) is 12.7. The van der Waals surface area contributed by atoms with Crippen molar-refractivity contribution in [3.8, 4) is 0 Å². The number of aliphatic carboxylic acids is 1. The highest BCUT2D eigenvalue weighted by molar-refractivity contribution is 5.83. The first-order valence-electron chi connectivity index (χ1n) is 6.84. The van der Waals surface area contributed by atoms with E-state index in [4.69, 9.17) is 10.2 Å². The molecule has 0 saturated carbocycles. The van der Waals surface area contributed by atoms with Gasteiger partial charge in [0.2, 0.25) is 0 Å². The summed E-state index contributed by atoms with van der Waals surface area (Å²) in [5, 5.41) is 33.1. The fourth-order valence-electron chi connectivity index (χ4n) is 2.36. The van der Waals surface area contributed by atoms with Gasteiger partial charge in [0, 0.05) is 12.6 Å². The van der Waals surface area contributed by atoms with Gasteiger partial charge < -0.3 is 20.6 Å². The minimum Gasteiger partial charge on any atom is -0.481 e. The van der Waals surface area contributed by atoms with Crippen molar-refractivity contribution in [2.75, 3.05) is 13.2 Å². The first kappa shape index (κ1) is 15.4. The van der Waals surface area contributed by atoms with Crippen molar-refractivity contribution in [1.29, 1.82) is 0 Å². The number of aliphatic hydroxyl groups excluding tert-OH is 2. The van der Waals surface area contributed by atoms with E-state index in [1.165, 1.54) is 0 Å². The summed E-state index contributed by atoms with van der Waals surface area (Å²) in [4.78, 5) is 10.9. The maximum absolute atomic E-state index is 10.9. The molecule has 0 saturated heterocycles. The SMILES string of the molecule is O=C(O)CC(NCCO)C(O)c1ccc2ccccc2c1. The third kappa shape index (κ3) is 4.01. The first-order valence-corrected chi connectivity index (χ1v) is 6.84. The highest BCUT2D eigenvalue weighted by Gasteiger charge is 2.23. The number of nitrogens with one attached hydrogen (secondary N) is 1. The van der Waals surface area contributed by atoms with Crippen LogP contribution in [0.2, 0.25) is 0 Å². The van der Waals surface area contributed by atoms with Gasteiger partial charge in [0.05, 0.1) is 19.1 Å². The van der Waals surface area contributed by atoms with Crippen LogP contribution in [-0.2, 0) is 4.79 Å². The number of hydrogen-bond acceptors (Lipinski definition) is 4. The number of benzene rings is 2. The van der Waals surface area contributed by atoms with Crippen molar-refractivity contribution in [3.05, 3.63) is 48.0 Å². The Morgan fingerprint density at radius 3 is 2.52 bits per heavy atom. The Kier molecular flexibility index (Phi) is 5.27. The largest absolute Gasteiger partial charge is 0.481 e. The molecule has 0 aliphatic heterocycles. The zero-order valence-electron chi connectivity index (χ0n) is 11.6. The van der Waals surface area contributed by atoms with Crippen LogP contribution in [0.1, 0.15) is 18.1 Å². The van der Waals surface area contributed by atoms with Gasteiger partial charge >= 0.3 is 5.97 Å². The van der Waals surface area contributed by atoms with E-state index in [0.717, 1.165) is 10.8 Å². The van der Waals surface area contributed by atoms with E-state index in [1.54, 1.807) is 6.07 Å². The lowest BCUT2D eigenvalue weighted by Crippen LogP contribution is -2.38. The predicted molar refractivity (Wildman–Crippen MR) is 80.0 cm³/mol. The fourth-order valence-corrected chi connectivity index (χ4v) is 2.36. The average molecular weight is 289 g/mol. The lowest BCUT2D eigenvalue weighted by molar-refractivity contribution is -0.138. The summed E-state index contributed by atoms with van der Waals surface area (Å²) in [7, 11) is 0. The molecule has 0 aliphatic rings. The number of carboxylic acids is 1. The van der Waals surface area contributed by atoms with Crippen LogP contribution in [0.25, 0.3) is 10.8 Å². The Hall–Kier alpha value is -1.95. The smallest absolute Gasteiger partial charge is 0.305 e. The fraction of sp³-hybridized carbons (Fsp3) is 0.312. The summed E-state index contributed by atoms with van der Waals surface area (Å²) in [6.07, 6.45) is -1.16. The van der Waals surface area contributed by atoms with Gasteiger partial charge in [-0.25, -0.2) is 0 Å². The maximum Gasteiger partial charge on any atom is 0.305 e. The Morgan fingerprint density at radius 1 is 1.14 bits per heavy atom. The van der Waals surface area contributed by atoms with Crippen LogP contribution in [-0.4, -0.2) is 40.5 Å². The number of hydrogen-bond donors (Lipinski definition) is 4. The van der Waals surface area contributed by atoms with Crippen LogP contribution < -0.4 is 5.32 Å². The van der Waals surface area contributed by atoms with Crippen LogP contribution in [0.15, 0.2) is 42.5 Å². The van der Waals surface area contributed by atoms with Crippen LogP contribution in [0.3, 0.4) is 0 Å². The van der Waals surface area contributed by atoms with Crippen molar-refractivity contribution in [3.63, 3.8) is 0 Å². The molecular weight excluding hydrogens is 270 g/mol. The van der Waals surface area contributed by atoms with Gasteiger partial charge in [0.1, 0.15) is 0 Å². The van der Waals surface area contributed by atoms with Gasteiger partial charge in [-0.1, -0.05) is 36.4 Å². The van der Waals surface area contributed by atoms with Gasteiger partial charge in [-0.3, -0.25) is 4.79 Å². The molecule has 5 heteroatoms. The Morgan fingerprint density at radius 2 is 1.86 bits per heavy atom. The Labute approximate surface area is 122 Å². The normalized spacial score (nSPS) is 14.0. The van der Waals surface area contributed by atoms with E-state index in [-0.39, 0.29) is 19.6 Å². The second kappa shape index (κ2) is 7.17. The van der Waals surface area contributed by atoms with Gasteiger partial charge in [-0.15, -0.1) is 0 Å².